The second-order valence-electron chi connectivity index (χ2n) is 2.51. The van der Waals surface area contributed by atoms with Gasteiger partial charge in [-0.15, -0.1) is 24.8 Å². The highest BCUT2D eigenvalue weighted by molar-refractivity contribution is 8.13. The lowest BCUT2D eigenvalue weighted by Gasteiger charge is -2.03. The number of hydrogen-bond acceptors (Lipinski definition) is 4. The fourth-order valence-corrected chi connectivity index (χ4v) is 0.909. The first-order chi connectivity index (χ1) is 6.07. The molecule has 0 unspecified atom stereocenters. The molecule has 0 amide bonds. The summed E-state index contributed by atoms with van der Waals surface area (Å²) in [4.78, 5) is 14.3. The first kappa shape index (κ1) is 20.3. The van der Waals surface area contributed by atoms with E-state index in [-0.39, 0.29) is 24.8 Å². The lowest BCUT2D eigenvalue weighted by molar-refractivity contribution is -0.138. The highest BCUT2D eigenvalue weighted by Crippen LogP contribution is 1.97. The van der Waals surface area contributed by atoms with Gasteiger partial charge in [0.05, 0.1) is 0 Å². The van der Waals surface area contributed by atoms with Crippen molar-refractivity contribution in [3.8, 4) is 0 Å². The van der Waals surface area contributed by atoms with E-state index in [1.165, 1.54) is 11.8 Å². The molecule has 0 saturated heterocycles. The number of carboxylic acids is 1. The Bertz CT molecular complexity index is 205. The standard InChI is InChI=1S/C7H15N3O2S.2ClH/c1-13-7(9)10-4-2-3-5(8)6(11)12;;/h5H,2-4,8H2,1H3,(H2,9,10)(H,11,12);2*1H/t5-;;/m0../s1. The molecule has 0 radical (unpaired) electrons. The summed E-state index contributed by atoms with van der Waals surface area (Å²) in [6.45, 7) is 0.535. The van der Waals surface area contributed by atoms with Crippen LogP contribution < -0.4 is 11.5 Å². The van der Waals surface area contributed by atoms with E-state index in [0.29, 0.717) is 24.6 Å². The summed E-state index contributed by atoms with van der Waals surface area (Å²) < 4.78 is 0. The van der Waals surface area contributed by atoms with Crippen LogP contribution in [0, 0.1) is 0 Å². The van der Waals surface area contributed by atoms with Crippen molar-refractivity contribution in [1.82, 2.24) is 0 Å². The summed E-state index contributed by atoms with van der Waals surface area (Å²) in [6.07, 6.45) is 2.91. The van der Waals surface area contributed by atoms with E-state index in [0.717, 1.165) is 0 Å². The zero-order valence-corrected chi connectivity index (χ0v) is 10.8. The van der Waals surface area contributed by atoms with E-state index in [1.54, 1.807) is 0 Å². The van der Waals surface area contributed by atoms with Gasteiger partial charge in [0, 0.05) is 6.54 Å². The predicted molar refractivity (Wildman–Crippen MR) is 69.3 cm³/mol. The normalized spacial score (nSPS) is 12.3. The molecule has 1 atom stereocenters. The van der Waals surface area contributed by atoms with E-state index >= 15 is 0 Å². The van der Waals surface area contributed by atoms with Crippen molar-refractivity contribution >= 4 is 47.7 Å². The van der Waals surface area contributed by atoms with Crippen molar-refractivity contribution in [3.05, 3.63) is 0 Å². The SMILES string of the molecule is CSC(N)=NCCC[C@H](N)C(=O)O.Cl.Cl. The first-order valence-electron chi connectivity index (χ1n) is 3.90. The third-order valence-electron chi connectivity index (χ3n) is 1.47. The van der Waals surface area contributed by atoms with Crippen LogP contribution in [0.5, 0.6) is 0 Å². The van der Waals surface area contributed by atoms with Gasteiger partial charge < -0.3 is 16.6 Å². The van der Waals surface area contributed by atoms with E-state index in [4.69, 9.17) is 16.6 Å². The molecule has 0 aromatic heterocycles. The molecule has 15 heavy (non-hydrogen) atoms. The Balaban J connectivity index is -0.000000720. The summed E-state index contributed by atoms with van der Waals surface area (Å²) in [5.74, 6) is -0.971. The van der Waals surface area contributed by atoms with Crippen LogP contribution in [0.15, 0.2) is 4.99 Å². The van der Waals surface area contributed by atoms with Crippen molar-refractivity contribution in [1.29, 1.82) is 0 Å². The molecular weight excluding hydrogens is 261 g/mol. The number of nitrogens with zero attached hydrogens (tertiary/aromatic N) is 1. The van der Waals surface area contributed by atoms with Crippen LogP contribution in [0.4, 0.5) is 0 Å². The van der Waals surface area contributed by atoms with Gasteiger partial charge in [-0.2, -0.15) is 0 Å². The second-order valence-corrected chi connectivity index (χ2v) is 3.34. The van der Waals surface area contributed by atoms with Crippen LogP contribution in [0.1, 0.15) is 12.8 Å². The minimum atomic E-state index is -0.971. The Morgan fingerprint density at radius 2 is 2.07 bits per heavy atom. The largest absolute Gasteiger partial charge is 0.480 e. The number of aliphatic carboxylic acids is 1. The Kier molecular flexibility index (Phi) is 16.1. The number of halogens is 2. The molecule has 0 aromatic rings. The monoisotopic (exact) mass is 277 g/mol. The summed E-state index contributed by atoms with van der Waals surface area (Å²) >= 11 is 1.37. The van der Waals surface area contributed by atoms with Gasteiger partial charge in [-0.1, -0.05) is 11.8 Å². The van der Waals surface area contributed by atoms with Crippen LogP contribution in [-0.2, 0) is 4.79 Å². The number of hydrogen-bond donors (Lipinski definition) is 3. The maximum atomic E-state index is 10.3. The summed E-state index contributed by atoms with van der Waals surface area (Å²) in [7, 11) is 0. The molecule has 0 spiro atoms. The van der Waals surface area contributed by atoms with Crippen molar-refractivity contribution in [3.63, 3.8) is 0 Å². The first-order valence-corrected chi connectivity index (χ1v) is 5.12. The fourth-order valence-electron chi connectivity index (χ4n) is 0.688. The van der Waals surface area contributed by atoms with Crippen LogP contribution >= 0.6 is 36.6 Å². The zero-order chi connectivity index (χ0) is 10.3. The van der Waals surface area contributed by atoms with Crippen molar-refractivity contribution in [2.24, 2.45) is 16.5 Å². The minimum absolute atomic E-state index is 0. The summed E-state index contributed by atoms with van der Waals surface area (Å²) in [5.41, 5.74) is 10.7. The molecule has 0 aliphatic carbocycles. The van der Waals surface area contributed by atoms with E-state index in [2.05, 4.69) is 4.99 Å². The zero-order valence-electron chi connectivity index (χ0n) is 8.38. The number of carboxylic acid groups (broad SMARTS) is 1. The number of nitrogens with two attached hydrogens (primary N) is 2. The van der Waals surface area contributed by atoms with Gasteiger partial charge in [-0.05, 0) is 19.1 Å². The molecule has 0 aliphatic heterocycles. The van der Waals surface area contributed by atoms with E-state index in [9.17, 15) is 4.79 Å². The number of aliphatic imine (C=N–C) groups is 1. The molecule has 5 nitrogen and oxygen atoms in total. The van der Waals surface area contributed by atoms with Crippen molar-refractivity contribution in [2.75, 3.05) is 12.8 Å². The molecule has 0 rings (SSSR count). The van der Waals surface area contributed by atoms with Gasteiger partial charge in [0.15, 0.2) is 5.17 Å². The van der Waals surface area contributed by atoms with Gasteiger partial charge in [0.2, 0.25) is 0 Å². The molecule has 0 heterocycles. The van der Waals surface area contributed by atoms with E-state index < -0.39 is 12.0 Å². The quantitative estimate of drug-likeness (QED) is 0.390. The van der Waals surface area contributed by atoms with Gasteiger partial charge in [0.1, 0.15) is 6.04 Å². The molecule has 0 aromatic carbocycles. The minimum Gasteiger partial charge on any atom is -0.480 e. The van der Waals surface area contributed by atoms with Gasteiger partial charge in [-0.3, -0.25) is 9.79 Å². The average Bonchev–Trinajstić information content (AvgIpc) is 2.11. The van der Waals surface area contributed by atoms with Crippen LogP contribution in [0.3, 0.4) is 0 Å². The van der Waals surface area contributed by atoms with Crippen molar-refractivity contribution in [2.45, 2.75) is 18.9 Å². The molecule has 0 saturated carbocycles. The molecular formula is C7H17Cl2N3O2S. The topological polar surface area (TPSA) is 102 Å². The van der Waals surface area contributed by atoms with Crippen LogP contribution in [0.25, 0.3) is 0 Å². The summed E-state index contributed by atoms with van der Waals surface area (Å²) in [5, 5.41) is 8.96. The molecule has 92 valence electrons. The average molecular weight is 278 g/mol. The number of carbonyl (C=O) groups is 1. The van der Waals surface area contributed by atoms with Crippen LogP contribution in [0.2, 0.25) is 0 Å². The third kappa shape index (κ3) is 11.8. The Morgan fingerprint density at radius 1 is 1.53 bits per heavy atom. The van der Waals surface area contributed by atoms with Gasteiger partial charge in [-0.25, -0.2) is 0 Å². The Morgan fingerprint density at radius 3 is 2.47 bits per heavy atom. The highest BCUT2D eigenvalue weighted by atomic mass is 35.5. The predicted octanol–water partition coefficient (Wildman–Crippen LogP) is 0.700. The Labute approximate surface area is 106 Å². The third-order valence-corrected chi connectivity index (χ3v) is 2.01. The highest BCUT2D eigenvalue weighted by Gasteiger charge is 2.09. The summed E-state index contributed by atoms with van der Waals surface area (Å²) in [6, 6.07) is -0.786. The van der Waals surface area contributed by atoms with Crippen molar-refractivity contribution < 1.29 is 9.90 Å². The maximum absolute atomic E-state index is 10.3. The number of amidine groups is 1. The molecule has 0 aliphatic rings. The number of thioether (sulfide) groups is 1. The maximum Gasteiger partial charge on any atom is 0.320 e. The molecule has 0 bridgehead atoms. The second kappa shape index (κ2) is 11.9. The Hall–Kier alpha value is -0.170. The molecule has 5 N–H and O–H groups in total. The van der Waals surface area contributed by atoms with Gasteiger partial charge in [0.25, 0.3) is 0 Å². The smallest absolute Gasteiger partial charge is 0.320 e. The van der Waals surface area contributed by atoms with Crippen LogP contribution in [-0.4, -0.2) is 35.1 Å². The van der Waals surface area contributed by atoms with E-state index in [1.807, 2.05) is 6.26 Å². The fraction of sp³-hybridized carbons (Fsp3) is 0.714. The van der Waals surface area contributed by atoms with Gasteiger partial charge >= 0.3 is 5.97 Å². The lowest BCUT2D eigenvalue weighted by Crippen LogP contribution is -2.30. The molecule has 0 fully saturated rings. The molecule has 8 heteroatoms. The number of rotatable bonds is 5. The lowest BCUT2D eigenvalue weighted by atomic mass is 10.2.